The zero-order chi connectivity index (χ0) is 14.7. The number of hydrogen-bond donors (Lipinski definition) is 1. The molecule has 2 N–H and O–H groups in total. The predicted molar refractivity (Wildman–Crippen MR) is 86.7 cm³/mol. The van der Waals surface area contributed by atoms with Gasteiger partial charge in [-0.3, -0.25) is 4.90 Å². The first kappa shape index (κ1) is 15.9. The van der Waals surface area contributed by atoms with Gasteiger partial charge in [0.05, 0.1) is 6.04 Å². The first-order valence-corrected chi connectivity index (χ1v) is 8.15. The van der Waals surface area contributed by atoms with E-state index in [1.54, 1.807) is 23.5 Å². The maximum Gasteiger partial charge on any atom is 0.129 e. The van der Waals surface area contributed by atoms with Crippen LogP contribution in [0.15, 0.2) is 34.1 Å². The van der Waals surface area contributed by atoms with Gasteiger partial charge in [-0.2, -0.15) is 0 Å². The molecule has 0 aliphatic carbocycles. The fourth-order valence-electron chi connectivity index (χ4n) is 2.14. The van der Waals surface area contributed by atoms with E-state index in [4.69, 9.17) is 17.3 Å². The number of likely N-dealkylation sites (N-methyl/N-ethyl adjacent to an activating group) is 1. The van der Waals surface area contributed by atoms with Gasteiger partial charge in [-0.05, 0) is 41.2 Å². The summed E-state index contributed by atoms with van der Waals surface area (Å²) >= 11 is 11.2. The maximum atomic E-state index is 14.0. The second kappa shape index (κ2) is 7.00. The lowest BCUT2D eigenvalue weighted by Gasteiger charge is -2.27. The molecule has 0 spiro atoms. The van der Waals surface area contributed by atoms with Crippen LogP contribution in [-0.2, 0) is 6.54 Å². The van der Waals surface area contributed by atoms with Crippen LogP contribution in [0.1, 0.15) is 16.5 Å². The standard InChI is InChI=1S/C14H15BrClFN2S/c1-19(7-10-5-9(15)8-20-10)13(6-18)14-11(16)3-2-4-12(14)17/h2-5,8,13H,6-7,18H2,1H3. The van der Waals surface area contributed by atoms with Gasteiger partial charge in [0.2, 0.25) is 0 Å². The second-order valence-corrected chi connectivity index (χ2v) is 6.85. The van der Waals surface area contributed by atoms with E-state index in [2.05, 4.69) is 22.0 Å². The van der Waals surface area contributed by atoms with E-state index >= 15 is 0 Å². The zero-order valence-electron chi connectivity index (χ0n) is 10.9. The van der Waals surface area contributed by atoms with Gasteiger partial charge in [-0.15, -0.1) is 11.3 Å². The number of halogens is 3. The molecule has 2 rings (SSSR count). The molecule has 108 valence electrons. The van der Waals surface area contributed by atoms with Crippen molar-refractivity contribution in [2.45, 2.75) is 12.6 Å². The lowest BCUT2D eigenvalue weighted by atomic mass is 10.0. The fourth-order valence-corrected chi connectivity index (χ4v) is 3.94. The average molecular weight is 378 g/mol. The Labute approximate surface area is 135 Å². The summed E-state index contributed by atoms with van der Waals surface area (Å²) in [6, 6.07) is 6.52. The number of nitrogens with two attached hydrogens (primary N) is 1. The van der Waals surface area contributed by atoms with Crippen LogP contribution in [0.3, 0.4) is 0 Å². The predicted octanol–water partition coefficient (Wildman–Crippen LogP) is 4.43. The second-order valence-electron chi connectivity index (χ2n) is 4.53. The molecular weight excluding hydrogens is 363 g/mol. The molecule has 2 nitrogen and oxygen atoms in total. The highest BCUT2D eigenvalue weighted by molar-refractivity contribution is 9.10. The Morgan fingerprint density at radius 1 is 1.50 bits per heavy atom. The van der Waals surface area contributed by atoms with Crippen molar-refractivity contribution in [2.75, 3.05) is 13.6 Å². The first-order valence-electron chi connectivity index (χ1n) is 6.10. The van der Waals surface area contributed by atoms with E-state index in [0.717, 1.165) is 4.47 Å². The minimum atomic E-state index is -0.313. The summed E-state index contributed by atoms with van der Waals surface area (Å²) in [4.78, 5) is 3.20. The van der Waals surface area contributed by atoms with Crippen molar-refractivity contribution in [1.29, 1.82) is 0 Å². The van der Waals surface area contributed by atoms with Crippen LogP contribution in [0.25, 0.3) is 0 Å². The summed E-state index contributed by atoms with van der Waals surface area (Å²) in [6.45, 7) is 1.01. The molecule has 0 bridgehead atoms. The smallest absolute Gasteiger partial charge is 0.129 e. The SMILES string of the molecule is CN(Cc1cc(Br)cs1)C(CN)c1c(F)cccc1Cl. The molecule has 0 amide bonds. The molecule has 20 heavy (non-hydrogen) atoms. The van der Waals surface area contributed by atoms with Gasteiger partial charge in [0, 0.05) is 38.4 Å². The van der Waals surface area contributed by atoms with Crippen LogP contribution < -0.4 is 5.73 Å². The maximum absolute atomic E-state index is 14.0. The minimum Gasteiger partial charge on any atom is -0.329 e. The summed E-state index contributed by atoms with van der Waals surface area (Å²) in [5.41, 5.74) is 6.30. The number of hydrogen-bond acceptors (Lipinski definition) is 3. The van der Waals surface area contributed by atoms with Crippen LogP contribution >= 0.6 is 38.9 Å². The molecule has 2 aromatic rings. The van der Waals surface area contributed by atoms with Crippen molar-refractivity contribution in [2.24, 2.45) is 5.73 Å². The first-order chi connectivity index (χ1) is 9.52. The van der Waals surface area contributed by atoms with Crippen molar-refractivity contribution in [1.82, 2.24) is 4.90 Å². The Bertz CT molecular complexity index is 570. The lowest BCUT2D eigenvalue weighted by Crippen LogP contribution is -2.30. The summed E-state index contributed by atoms with van der Waals surface area (Å²) in [5.74, 6) is -0.313. The molecule has 1 unspecified atom stereocenters. The quantitative estimate of drug-likeness (QED) is 0.835. The van der Waals surface area contributed by atoms with Crippen molar-refractivity contribution in [3.05, 3.63) is 55.4 Å². The summed E-state index contributed by atoms with van der Waals surface area (Å²) in [7, 11) is 1.92. The average Bonchev–Trinajstić information content (AvgIpc) is 2.79. The van der Waals surface area contributed by atoms with E-state index in [1.807, 2.05) is 17.3 Å². The van der Waals surface area contributed by atoms with Crippen LogP contribution in [0.4, 0.5) is 4.39 Å². The third-order valence-corrected chi connectivity index (χ3v) is 5.13. The van der Waals surface area contributed by atoms with Crippen molar-refractivity contribution < 1.29 is 4.39 Å². The van der Waals surface area contributed by atoms with Gasteiger partial charge in [0.15, 0.2) is 0 Å². The van der Waals surface area contributed by atoms with Crippen LogP contribution in [-0.4, -0.2) is 18.5 Å². The molecule has 1 heterocycles. The highest BCUT2D eigenvalue weighted by atomic mass is 79.9. The van der Waals surface area contributed by atoms with Crippen molar-refractivity contribution in [3.8, 4) is 0 Å². The molecule has 0 radical (unpaired) electrons. The van der Waals surface area contributed by atoms with E-state index in [0.29, 0.717) is 23.7 Å². The topological polar surface area (TPSA) is 29.3 Å². The molecule has 1 aromatic carbocycles. The molecule has 0 fully saturated rings. The van der Waals surface area contributed by atoms with E-state index in [9.17, 15) is 4.39 Å². The molecule has 0 aliphatic heterocycles. The molecular formula is C14H15BrClFN2S. The largest absolute Gasteiger partial charge is 0.329 e. The Morgan fingerprint density at radius 2 is 2.25 bits per heavy atom. The lowest BCUT2D eigenvalue weighted by molar-refractivity contribution is 0.239. The minimum absolute atomic E-state index is 0.246. The summed E-state index contributed by atoms with van der Waals surface area (Å²) in [5, 5.41) is 2.44. The highest BCUT2D eigenvalue weighted by Crippen LogP contribution is 2.30. The van der Waals surface area contributed by atoms with Gasteiger partial charge in [0.1, 0.15) is 5.82 Å². The third kappa shape index (κ3) is 3.59. The number of nitrogens with zero attached hydrogens (tertiary/aromatic N) is 1. The Hall–Kier alpha value is -0.460. The fraction of sp³-hybridized carbons (Fsp3) is 0.286. The van der Waals surface area contributed by atoms with E-state index in [1.165, 1.54) is 10.9 Å². The van der Waals surface area contributed by atoms with Crippen LogP contribution in [0.5, 0.6) is 0 Å². The van der Waals surface area contributed by atoms with E-state index in [-0.39, 0.29) is 11.9 Å². The molecule has 0 aliphatic rings. The highest BCUT2D eigenvalue weighted by Gasteiger charge is 2.22. The Kier molecular flexibility index (Phi) is 5.57. The number of benzene rings is 1. The summed E-state index contributed by atoms with van der Waals surface area (Å²) in [6.07, 6.45) is 0. The molecule has 1 aromatic heterocycles. The van der Waals surface area contributed by atoms with Gasteiger partial charge in [-0.25, -0.2) is 4.39 Å². The monoisotopic (exact) mass is 376 g/mol. The zero-order valence-corrected chi connectivity index (χ0v) is 14.1. The van der Waals surface area contributed by atoms with Crippen LogP contribution in [0, 0.1) is 5.82 Å². The normalized spacial score (nSPS) is 12.9. The number of thiophene rings is 1. The molecule has 6 heteroatoms. The van der Waals surface area contributed by atoms with E-state index < -0.39 is 0 Å². The van der Waals surface area contributed by atoms with Gasteiger partial charge >= 0.3 is 0 Å². The van der Waals surface area contributed by atoms with Crippen LogP contribution in [0.2, 0.25) is 5.02 Å². The Morgan fingerprint density at radius 3 is 2.80 bits per heavy atom. The summed E-state index contributed by atoms with van der Waals surface area (Å²) < 4.78 is 15.1. The van der Waals surface area contributed by atoms with Crippen molar-refractivity contribution in [3.63, 3.8) is 0 Å². The molecule has 1 atom stereocenters. The Balaban J connectivity index is 2.23. The van der Waals surface area contributed by atoms with Crippen molar-refractivity contribution >= 4 is 38.9 Å². The van der Waals surface area contributed by atoms with Gasteiger partial charge < -0.3 is 5.73 Å². The number of rotatable bonds is 5. The molecule has 0 saturated heterocycles. The third-order valence-electron chi connectivity index (χ3n) is 3.12. The van der Waals surface area contributed by atoms with Gasteiger partial charge in [-0.1, -0.05) is 17.7 Å². The van der Waals surface area contributed by atoms with Gasteiger partial charge in [0.25, 0.3) is 0 Å². The molecule has 0 saturated carbocycles.